The quantitative estimate of drug-likeness (QED) is 0.526. The topological polar surface area (TPSA) is 40.6 Å². The molecule has 162 valence electrons. The Labute approximate surface area is 189 Å². The first-order valence-electron chi connectivity index (χ1n) is 10.9. The van der Waals surface area contributed by atoms with Gasteiger partial charge in [-0.2, -0.15) is 0 Å². The normalized spacial score (nSPS) is 21.7. The summed E-state index contributed by atoms with van der Waals surface area (Å²) in [6.45, 7) is 12.4. The van der Waals surface area contributed by atoms with Crippen LogP contribution in [0, 0.1) is 6.92 Å². The van der Waals surface area contributed by atoms with Gasteiger partial charge in [-0.1, -0.05) is 42.8 Å². The molecule has 2 aromatic rings. The lowest BCUT2D eigenvalue weighted by atomic mass is 9.79. The molecule has 5 heteroatoms. The van der Waals surface area contributed by atoms with E-state index in [1.165, 1.54) is 16.2 Å². The van der Waals surface area contributed by atoms with E-state index in [-0.39, 0.29) is 16.7 Å². The van der Waals surface area contributed by atoms with Crippen LogP contribution < -0.4 is 4.90 Å². The van der Waals surface area contributed by atoms with Crippen molar-refractivity contribution < 1.29 is 9.59 Å². The van der Waals surface area contributed by atoms with E-state index in [2.05, 4.69) is 50.8 Å². The van der Waals surface area contributed by atoms with Gasteiger partial charge in [-0.05, 0) is 86.7 Å². The van der Waals surface area contributed by atoms with Gasteiger partial charge in [-0.25, -0.2) is 0 Å². The first-order valence-corrected chi connectivity index (χ1v) is 11.7. The van der Waals surface area contributed by atoms with Gasteiger partial charge >= 0.3 is 0 Å². The Morgan fingerprint density at radius 2 is 1.84 bits per heavy atom. The fourth-order valence-corrected chi connectivity index (χ4v) is 5.70. The summed E-state index contributed by atoms with van der Waals surface area (Å²) in [6.07, 6.45) is 2.95. The zero-order valence-electron chi connectivity index (χ0n) is 18.9. The molecule has 1 unspecified atom stereocenters. The summed E-state index contributed by atoms with van der Waals surface area (Å²) in [7, 11) is 0. The second-order valence-corrected chi connectivity index (χ2v) is 10.2. The largest absolute Gasteiger partial charge is 0.366 e. The molecule has 4 rings (SSSR count). The third-order valence-corrected chi connectivity index (χ3v) is 7.27. The molecular weight excluding hydrogens is 404 g/mol. The summed E-state index contributed by atoms with van der Waals surface area (Å²) >= 11 is 1.03. The summed E-state index contributed by atoms with van der Waals surface area (Å²) < 4.78 is 0. The highest BCUT2D eigenvalue weighted by molar-refractivity contribution is 8.18. The summed E-state index contributed by atoms with van der Waals surface area (Å²) in [5.41, 5.74) is 5.80. The highest BCUT2D eigenvalue weighted by Gasteiger charge is 2.37. The van der Waals surface area contributed by atoms with Crippen molar-refractivity contribution in [3.05, 3.63) is 69.6 Å². The van der Waals surface area contributed by atoms with Crippen molar-refractivity contribution in [3.63, 3.8) is 0 Å². The van der Waals surface area contributed by atoms with Crippen LogP contribution in [0.2, 0.25) is 0 Å². The van der Waals surface area contributed by atoms with Crippen LogP contribution in [0.4, 0.5) is 10.5 Å². The second kappa shape index (κ2) is 8.19. The van der Waals surface area contributed by atoms with E-state index >= 15 is 0 Å². The molecule has 2 aliphatic rings. The van der Waals surface area contributed by atoms with Crippen molar-refractivity contribution in [2.45, 2.75) is 59.0 Å². The van der Waals surface area contributed by atoms with Crippen LogP contribution in [0.1, 0.15) is 62.3 Å². The lowest BCUT2D eigenvalue weighted by Gasteiger charge is -2.47. The number of amides is 2. The number of rotatable bonds is 4. The third-order valence-electron chi connectivity index (χ3n) is 6.36. The monoisotopic (exact) mass is 434 g/mol. The molecule has 1 saturated heterocycles. The van der Waals surface area contributed by atoms with Crippen molar-refractivity contribution in [3.8, 4) is 0 Å². The SMILES string of the molecule is CCN1c2ccc(/C=C3/SC(=O)N(Cc4ccc(C)cc4)C3=O)cc2C(C)CC1(C)C. The van der Waals surface area contributed by atoms with Crippen LogP contribution in [-0.2, 0) is 11.3 Å². The summed E-state index contributed by atoms with van der Waals surface area (Å²) in [6, 6.07) is 14.3. The molecule has 1 fully saturated rings. The number of benzene rings is 2. The Bertz CT molecular complexity index is 1060. The lowest BCUT2D eigenvalue weighted by Crippen LogP contribution is -2.48. The standard InChI is InChI=1S/C26H30N2O2S/c1-6-28-22-12-11-20(13-21(22)18(3)15-26(28,4)5)14-23-24(29)27(25(30)31-23)16-19-9-7-17(2)8-10-19/h7-14,18H,6,15-16H2,1-5H3/b23-14+. The van der Waals surface area contributed by atoms with Gasteiger partial charge in [0.2, 0.25) is 0 Å². The molecule has 0 N–H and O–H groups in total. The first-order chi connectivity index (χ1) is 14.7. The number of thioether (sulfide) groups is 1. The minimum atomic E-state index is -0.210. The minimum absolute atomic E-state index is 0.126. The van der Waals surface area contributed by atoms with Gasteiger partial charge in [-0.3, -0.25) is 14.5 Å². The number of carbonyl (C=O) groups excluding carboxylic acids is 2. The molecule has 0 saturated carbocycles. The van der Waals surface area contributed by atoms with E-state index in [4.69, 9.17) is 0 Å². The van der Waals surface area contributed by atoms with Crippen LogP contribution in [0.3, 0.4) is 0 Å². The number of nitrogens with zero attached hydrogens (tertiary/aromatic N) is 2. The van der Waals surface area contributed by atoms with Gasteiger partial charge in [0.15, 0.2) is 0 Å². The molecule has 0 radical (unpaired) electrons. The fraction of sp³-hybridized carbons (Fsp3) is 0.385. The molecule has 0 spiro atoms. The summed E-state index contributed by atoms with van der Waals surface area (Å²) in [5, 5.41) is -0.206. The average Bonchev–Trinajstić information content (AvgIpc) is 2.97. The molecule has 0 bridgehead atoms. The van der Waals surface area contributed by atoms with Crippen molar-refractivity contribution in [1.29, 1.82) is 0 Å². The van der Waals surface area contributed by atoms with Gasteiger partial charge in [-0.15, -0.1) is 0 Å². The Morgan fingerprint density at radius 3 is 2.52 bits per heavy atom. The highest BCUT2D eigenvalue weighted by atomic mass is 32.2. The van der Waals surface area contributed by atoms with Crippen molar-refractivity contribution in [2.24, 2.45) is 0 Å². The fourth-order valence-electron chi connectivity index (χ4n) is 4.86. The van der Waals surface area contributed by atoms with Crippen LogP contribution in [0.15, 0.2) is 47.4 Å². The third kappa shape index (κ3) is 4.16. The van der Waals surface area contributed by atoms with Crippen LogP contribution in [0.25, 0.3) is 6.08 Å². The molecule has 2 heterocycles. The van der Waals surface area contributed by atoms with Gasteiger partial charge < -0.3 is 4.90 Å². The Hall–Kier alpha value is -2.53. The van der Waals surface area contributed by atoms with Gasteiger partial charge in [0.25, 0.3) is 11.1 Å². The predicted octanol–water partition coefficient (Wildman–Crippen LogP) is 6.34. The number of fused-ring (bicyclic) bond motifs is 1. The van der Waals surface area contributed by atoms with E-state index in [1.807, 2.05) is 37.3 Å². The molecule has 1 atom stereocenters. The van der Waals surface area contributed by atoms with E-state index < -0.39 is 0 Å². The molecule has 2 aliphatic heterocycles. The maximum atomic E-state index is 12.9. The van der Waals surface area contributed by atoms with Gasteiger partial charge in [0, 0.05) is 17.8 Å². The molecule has 2 amide bonds. The Balaban J connectivity index is 1.59. The van der Waals surface area contributed by atoms with E-state index in [0.29, 0.717) is 17.4 Å². The number of aryl methyl sites for hydroxylation is 1. The number of anilines is 1. The smallest absolute Gasteiger partial charge is 0.293 e. The molecule has 31 heavy (non-hydrogen) atoms. The summed E-state index contributed by atoms with van der Waals surface area (Å²) in [5.74, 6) is 0.232. The van der Waals surface area contributed by atoms with Crippen LogP contribution in [0.5, 0.6) is 0 Å². The molecule has 0 aliphatic carbocycles. The maximum Gasteiger partial charge on any atom is 0.293 e. The zero-order chi connectivity index (χ0) is 22.3. The number of imide groups is 1. The van der Waals surface area contributed by atoms with Crippen molar-refractivity contribution in [1.82, 2.24) is 4.90 Å². The number of carbonyl (C=O) groups is 2. The molecular formula is C26H30N2O2S. The van der Waals surface area contributed by atoms with Crippen LogP contribution in [-0.4, -0.2) is 28.1 Å². The van der Waals surface area contributed by atoms with Crippen LogP contribution >= 0.6 is 11.8 Å². The number of hydrogen-bond acceptors (Lipinski definition) is 4. The summed E-state index contributed by atoms with van der Waals surface area (Å²) in [4.78, 5) is 29.7. The van der Waals surface area contributed by atoms with Crippen molar-refractivity contribution in [2.75, 3.05) is 11.4 Å². The average molecular weight is 435 g/mol. The Kier molecular flexibility index (Phi) is 5.73. The van der Waals surface area contributed by atoms with Crippen molar-refractivity contribution >= 4 is 34.7 Å². The number of hydrogen-bond donors (Lipinski definition) is 0. The van der Waals surface area contributed by atoms with E-state index in [0.717, 1.165) is 41.4 Å². The highest BCUT2D eigenvalue weighted by Crippen LogP contribution is 2.44. The van der Waals surface area contributed by atoms with E-state index in [1.54, 1.807) is 0 Å². The maximum absolute atomic E-state index is 12.9. The predicted molar refractivity (Wildman–Crippen MR) is 129 cm³/mol. The molecule has 0 aromatic heterocycles. The molecule has 4 nitrogen and oxygen atoms in total. The second-order valence-electron chi connectivity index (χ2n) is 9.23. The van der Waals surface area contributed by atoms with Gasteiger partial charge in [0.1, 0.15) is 0 Å². The lowest BCUT2D eigenvalue weighted by molar-refractivity contribution is -0.123. The zero-order valence-corrected chi connectivity index (χ0v) is 19.8. The molecule has 2 aromatic carbocycles. The van der Waals surface area contributed by atoms with E-state index in [9.17, 15) is 9.59 Å². The first kappa shape index (κ1) is 21.7. The Morgan fingerprint density at radius 1 is 1.13 bits per heavy atom. The van der Waals surface area contributed by atoms with Gasteiger partial charge in [0.05, 0.1) is 11.4 Å². The minimum Gasteiger partial charge on any atom is -0.366 e.